The van der Waals surface area contributed by atoms with Crippen molar-refractivity contribution in [2.45, 2.75) is 0 Å². The fourth-order valence-corrected chi connectivity index (χ4v) is 3.20. The minimum absolute atomic E-state index is 0.125. The van der Waals surface area contributed by atoms with Crippen molar-refractivity contribution in [2.75, 3.05) is 50.1 Å². The Morgan fingerprint density at radius 3 is 2.81 bits per heavy atom. The molecule has 1 aromatic heterocycles. The maximum Gasteiger partial charge on any atom is 0.238 e. The summed E-state index contributed by atoms with van der Waals surface area (Å²) in [5, 5.41) is 12.6. The SMILES string of the molecule is COc1ccc(Cl)cc1NC(=O)CN1CCN(c2ncccc2C#N)CC1. The molecule has 1 N–H and O–H groups in total. The van der Waals surface area contributed by atoms with Crippen LogP contribution in [0.4, 0.5) is 11.5 Å². The Bertz CT molecular complexity index is 859. The number of hydrogen-bond donors (Lipinski definition) is 1. The number of anilines is 2. The van der Waals surface area contributed by atoms with Gasteiger partial charge in [-0.2, -0.15) is 5.26 Å². The van der Waals surface area contributed by atoms with Gasteiger partial charge in [-0.25, -0.2) is 4.98 Å². The highest BCUT2D eigenvalue weighted by atomic mass is 35.5. The molecule has 1 aromatic carbocycles. The molecular weight excluding hydrogens is 366 g/mol. The van der Waals surface area contributed by atoms with Crippen molar-refractivity contribution < 1.29 is 9.53 Å². The van der Waals surface area contributed by atoms with Crippen molar-refractivity contribution in [1.82, 2.24) is 9.88 Å². The summed E-state index contributed by atoms with van der Waals surface area (Å²) < 4.78 is 5.25. The monoisotopic (exact) mass is 385 g/mol. The summed E-state index contributed by atoms with van der Waals surface area (Å²) in [4.78, 5) is 20.9. The Hall–Kier alpha value is -2.82. The highest BCUT2D eigenvalue weighted by Crippen LogP contribution is 2.27. The van der Waals surface area contributed by atoms with Crippen molar-refractivity contribution in [1.29, 1.82) is 5.26 Å². The van der Waals surface area contributed by atoms with Crippen LogP contribution in [0.5, 0.6) is 5.75 Å². The predicted molar refractivity (Wildman–Crippen MR) is 104 cm³/mol. The molecule has 2 aromatic rings. The van der Waals surface area contributed by atoms with Crippen LogP contribution in [0.25, 0.3) is 0 Å². The van der Waals surface area contributed by atoms with E-state index in [0.717, 1.165) is 0 Å². The van der Waals surface area contributed by atoms with Gasteiger partial charge < -0.3 is 15.0 Å². The third kappa shape index (κ3) is 4.67. The minimum Gasteiger partial charge on any atom is -0.495 e. The summed E-state index contributed by atoms with van der Waals surface area (Å²) in [6.07, 6.45) is 1.69. The quantitative estimate of drug-likeness (QED) is 0.851. The van der Waals surface area contributed by atoms with Crippen molar-refractivity contribution in [3.63, 3.8) is 0 Å². The van der Waals surface area contributed by atoms with Crippen LogP contribution in [0.1, 0.15) is 5.56 Å². The molecule has 1 aliphatic rings. The van der Waals surface area contributed by atoms with E-state index in [4.69, 9.17) is 16.3 Å². The normalized spacial score (nSPS) is 14.5. The number of halogens is 1. The molecule has 7 nitrogen and oxygen atoms in total. The van der Waals surface area contributed by atoms with E-state index in [9.17, 15) is 10.1 Å². The number of methoxy groups -OCH3 is 1. The molecule has 27 heavy (non-hydrogen) atoms. The average molecular weight is 386 g/mol. The van der Waals surface area contributed by atoms with Gasteiger partial charge >= 0.3 is 0 Å². The average Bonchev–Trinajstić information content (AvgIpc) is 2.68. The number of rotatable bonds is 5. The van der Waals surface area contributed by atoms with Crippen LogP contribution in [0.2, 0.25) is 5.02 Å². The number of carbonyl (C=O) groups excluding carboxylic acids is 1. The summed E-state index contributed by atoms with van der Waals surface area (Å²) in [5.41, 5.74) is 1.12. The molecule has 1 aliphatic heterocycles. The predicted octanol–water partition coefficient (Wildman–Crippen LogP) is 2.38. The van der Waals surface area contributed by atoms with Gasteiger partial charge in [-0.15, -0.1) is 0 Å². The number of ether oxygens (including phenoxy) is 1. The smallest absolute Gasteiger partial charge is 0.238 e. The van der Waals surface area contributed by atoms with E-state index in [0.29, 0.717) is 54.0 Å². The number of carbonyl (C=O) groups is 1. The van der Waals surface area contributed by atoms with Gasteiger partial charge in [-0.3, -0.25) is 9.69 Å². The fraction of sp³-hybridized carbons (Fsp3) is 0.316. The van der Waals surface area contributed by atoms with Crippen molar-refractivity contribution in [3.05, 3.63) is 47.1 Å². The first-order valence-electron chi connectivity index (χ1n) is 8.56. The number of piperazine rings is 1. The molecule has 3 rings (SSSR count). The van der Waals surface area contributed by atoms with E-state index in [1.807, 2.05) is 0 Å². The molecule has 2 heterocycles. The van der Waals surface area contributed by atoms with E-state index in [1.165, 1.54) is 0 Å². The second-order valence-electron chi connectivity index (χ2n) is 6.14. The molecule has 0 atom stereocenters. The van der Waals surface area contributed by atoms with E-state index >= 15 is 0 Å². The maximum atomic E-state index is 12.4. The molecule has 0 radical (unpaired) electrons. The number of nitrogens with zero attached hydrogens (tertiary/aromatic N) is 4. The van der Waals surface area contributed by atoms with Crippen molar-refractivity contribution >= 4 is 29.0 Å². The zero-order chi connectivity index (χ0) is 19.2. The van der Waals surface area contributed by atoms with E-state index < -0.39 is 0 Å². The summed E-state index contributed by atoms with van der Waals surface area (Å²) in [5.74, 6) is 1.14. The molecule has 140 valence electrons. The van der Waals surface area contributed by atoms with Crippen LogP contribution in [0.15, 0.2) is 36.5 Å². The molecule has 1 saturated heterocycles. The van der Waals surface area contributed by atoms with Gasteiger partial charge in [0.15, 0.2) is 0 Å². The topological polar surface area (TPSA) is 81.5 Å². The number of amides is 1. The summed E-state index contributed by atoms with van der Waals surface area (Å²) in [6, 6.07) is 10.8. The van der Waals surface area contributed by atoms with Crippen molar-refractivity contribution in [2.24, 2.45) is 0 Å². The highest BCUT2D eigenvalue weighted by molar-refractivity contribution is 6.31. The Labute approximate surface area is 163 Å². The Morgan fingerprint density at radius 2 is 2.11 bits per heavy atom. The molecule has 0 aliphatic carbocycles. The molecule has 1 fully saturated rings. The van der Waals surface area contributed by atoms with E-state index in [-0.39, 0.29) is 12.5 Å². The van der Waals surface area contributed by atoms with E-state index in [2.05, 4.69) is 26.2 Å². The van der Waals surface area contributed by atoms with Gasteiger partial charge in [0.1, 0.15) is 17.6 Å². The first-order chi connectivity index (χ1) is 13.1. The van der Waals surface area contributed by atoms with Crippen LogP contribution in [0, 0.1) is 11.3 Å². The summed E-state index contributed by atoms with van der Waals surface area (Å²) >= 11 is 6.00. The number of nitriles is 1. The standard InChI is InChI=1S/C19H20ClN5O2/c1-27-17-5-4-15(20)11-16(17)23-18(26)13-24-7-9-25(10-8-24)19-14(12-21)3-2-6-22-19/h2-6,11H,7-10,13H2,1H3,(H,23,26). The summed E-state index contributed by atoms with van der Waals surface area (Å²) in [7, 11) is 1.55. The Balaban J connectivity index is 1.56. The fourth-order valence-electron chi connectivity index (χ4n) is 3.02. The molecule has 0 spiro atoms. The lowest BCUT2D eigenvalue weighted by Crippen LogP contribution is -2.49. The van der Waals surface area contributed by atoms with Gasteiger partial charge in [0.05, 0.1) is 24.9 Å². The minimum atomic E-state index is -0.125. The Kier molecular flexibility index (Phi) is 6.12. The molecule has 0 unspecified atom stereocenters. The first-order valence-corrected chi connectivity index (χ1v) is 8.94. The van der Waals surface area contributed by atoms with Crippen LogP contribution >= 0.6 is 11.6 Å². The van der Waals surface area contributed by atoms with Crippen molar-refractivity contribution in [3.8, 4) is 11.8 Å². The second-order valence-corrected chi connectivity index (χ2v) is 6.58. The Morgan fingerprint density at radius 1 is 1.33 bits per heavy atom. The van der Waals surface area contributed by atoms with Crippen LogP contribution in [0.3, 0.4) is 0 Å². The number of nitrogens with one attached hydrogen (secondary N) is 1. The number of aromatic nitrogens is 1. The largest absolute Gasteiger partial charge is 0.495 e. The van der Waals surface area contributed by atoms with Crippen LogP contribution < -0.4 is 15.0 Å². The van der Waals surface area contributed by atoms with Gasteiger partial charge in [-0.05, 0) is 30.3 Å². The third-order valence-corrected chi connectivity index (χ3v) is 4.62. The lowest BCUT2D eigenvalue weighted by molar-refractivity contribution is -0.117. The van der Waals surface area contributed by atoms with Gasteiger partial charge in [-0.1, -0.05) is 11.6 Å². The molecule has 1 amide bonds. The van der Waals surface area contributed by atoms with Gasteiger partial charge in [0.25, 0.3) is 0 Å². The zero-order valence-electron chi connectivity index (χ0n) is 15.0. The zero-order valence-corrected chi connectivity index (χ0v) is 15.7. The molecule has 0 saturated carbocycles. The second kappa shape index (κ2) is 8.71. The van der Waals surface area contributed by atoms with E-state index in [1.54, 1.807) is 43.6 Å². The lowest BCUT2D eigenvalue weighted by Gasteiger charge is -2.35. The van der Waals surface area contributed by atoms with Gasteiger partial charge in [0.2, 0.25) is 5.91 Å². The van der Waals surface area contributed by atoms with Gasteiger partial charge in [0, 0.05) is 37.4 Å². The lowest BCUT2D eigenvalue weighted by atomic mass is 10.2. The molecule has 8 heteroatoms. The maximum absolute atomic E-state index is 12.4. The number of pyridine rings is 1. The van der Waals surface area contributed by atoms with Crippen LogP contribution in [-0.4, -0.2) is 55.6 Å². The summed E-state index contributed by atoms with van der Waals surface area (Å²) in [6.45, 7) is 3.11. The van der Waals surface area contributed by atoms with Crippen LogP contribution in [-0.2, 0) is 4.79 Å². The highest BCUT2D eigenvalue weighted by Gasteiger charge is 2.22. The molecule has 0 bridgehead atoms. The number of benzene rings is 1. The number of hydrogen-bond acceptors (Lipinski definition) is 6. The molecular formula is C19H20ClN5O2. The third-order valence-electron chi connectivity index (χ3n) is 4.38. The first kappa shape index (κ1) is 19.0.